The third kappa shape index (κ3) is 6.56. The maximum atomic E-state index is 11.5. The van der Waals surface area contributed by atoms with Gasteiger partial charge in [0.15, 0.2) is 5.92 Å². The molecule has 0 spiro atoms. The van der Waals surface area contributed by atoms with Crippen molar-refractivity contribution < 1.29 is 28.5 Å². The second-order valence-electron chi connectivity index (χ2n) is 4.07. The molecule has 0 aliphatic rings. The summed E-state index contributed by atoms with van der Waals surface area (Å²) in [6.07, 6.45) is -0.406. The summed E-state index contributed by atoms with van der Waals surface area (Å²) in [7, 11) is 3.03. The molecule has 0 saturated heterocycles. The number of methoxy groups -OCH3 is 2. The molecule has 0 N–H and O–H groups in total. The lowest BCUT2D eigenvalue weighted by Crippen LogP contribution is -2.29. The Balaban J connectivity index is 4.01. The van der Waals surface area contributed by atoms with Gasteiger partial charge in [-0.1, -0.05) is 0 Å². The Hall–Kier alpha value is -1.14. The lowest BCUT2D eigenvalue weighted by atomic mass is 10.2. The van der Waals surface area contributed by atoms with E-state index in [4.69, 9.17) is 18.9 Å². The molecule has 0 aromatic rings. The third-order valence-corrected chi connectivity index (χ3v) is 2.43. The lowest BCUT2D eigenvalue weighted by Gasteiger charge is -2.15. The van der Waals surface area contributed by atoms with Crippen LogP contribution in [0, 0.1) is 5.92 Å². The molecular weight excluding hydrogens is 240 g/mol. The van der Waals surface area contributed by atoms with Gasteiger partial charge in [0.2, 0.25) is 0 Å². The molecule has 2 unspecified atom stereocenters. The maximum Gasteiger partial charge on any atom is 0.320 e. The van der Waals surface area contributed by atoms with Crippen LogP contribution < -0.4 is 0 Å². The zero-order valence-corrected chi connectivity index (χ0v) is 11.6. The van der Waals surface area contributed by atoms with E-state index in [1.54, 1.807) is 13.8 Å². The van der Waals surface area contributed by atoms with E-state index in [2.05, 4.69) is 0 Å². The van der Waals surface area contributed by atoms with E-state index in [9.17, 15) is 9.59 Å². The van der Waals surface area contributed by atoms with Gasteiger partial charge >= 0.3 is 11.9 Å². The zero-order valence-electron chi connectivity index (χ0n) is 11.6. The fraction of sp³-hybridized carbons (Fsp3) is 0.833. The molecule has 0 bridgehead atoms. The van der Waals surface area contributed by atoms with Crippen molar-refractivity contribution in [2.24, 2.45) is 5.92 Å². The molecule has 0 aromatic carbocycles. The van der Waals surface area contributed by atoms with E-state index in [1.807, 2.05) is 0 Å². The standard InChI is InChI=1S/C12H22O6/c1-8(15-4)6-17-11(13)10(3)12(14)18-7-9(2)16-5/h8-10H,6-7H2,1-5H3. The fourth-order valence-corrected chi connectivity index (χ4v) is 0.881. The summed E-state index contributed by atoms with van der Waals surface area (Å²) in [5, 5.41) is 0. The molecule has 6 nitrogen and oxygen atoms in total. The maximum absolute atomic E-state index is 11.5. The van der Waals surface area contributed by atoms with E-state index in [0.717, 1.165) is 0 Å². The summed E-state index contributed by atoms with van der Waals surface area (Å²) in [4.78, 5) is 23.0. The van der Waals surface area contributed by atoms with Gasteiger partial charge in [-0.3, -0.25) is 9.59 Å². The quantitative estimate of drug-likeness (QED) is 0.475. The van der Waals surface area contributed by atoms with Crippen LogP contribution in [0.5, 0.6) is 0 Å². The van der Waals surface area contributed by atoms with Crippen LogP contribution in [0.3, 0.4) is 0 Å². The molecule has 106 valence electrons. The minimum absolute atomic E-state index is 0.113. The molecule has 0 heterocycles. The predicted octanol–water partition coefficient (Wildman–Crippen LogP) is 0.779. The molecule has 0 rings (SSSR count). The van der Waals surface area contributed by atoms with Crippen molar-refractivity contribution in [3.63, 3.8) is 0 Å². The number of carbonyl (C=O) groups is 2. The van der Waals surface area contributed by atoms with Crippen LogP contribution in [0.25, 0.3) is 0 Å². The number of esters is 2. The summed E-state index contributed by atoms with van der Waals surface area (Å²) in [6, 6.07) is 0. The van der Waals surface area contributed by atoms with Gasteiger partial charge in [-0.15, -0.1) is 0 Å². The second-order valence-corrected chi connectivity index (χ2v) is 4.07. The summed E-state index contributed by atoms with van der Waals surface area (Å²) in [5.74, 6) is -2.18. The van der Waals surface area contributed by atoms with Crippen LogP contribution in [-0.2, 0) is 28.5 Å². The van der Waals surface area contributed by atoms with Crippen molar-refractivity contribution >= 4 is 11.9 Å². The van der Waals surface area contributed by atoms with Crippen LogP contribution >= 0.6 is 0 Å². The topological polar surface area (TPSA) is 71.1 Å². The first kappa shape index (κ1) is 16.9. The smallest absolute Gasteiger partial charge is 0.320 e. The van der Waals surface area contributed by atoms with Crippen LogP contribution in [0.4, 0.5) is 0 Å². The van der Waals surface area contributed by atoms with Crippen molar-refractivity contribution in [1.82, 2.24) is 0 Å². The van der Waals surface area contributed by atoms with Crippen LogP contribution in [0.15, 0.2) is 0 Å². The highest BCUT2D eigenvalue weighted by atomic mass is 16.6. The van der Waals surface area contributed by atoms with Gasteiger partial charge in [-0.25, -0.2) is 0 Å². The Bertz CT molecular complexity index is 239. The molecule has 0 fully saturated rings. The van der Waals surface area contributed by atoms with E-state index in [1.165, 1.54) is 21.1 Å². The molecule has 0 aliphatic carbocycles. The normalized spacial score (nSPS) is 15.6. The summed E-state index contributed by atoms with van der Waals surface area (Å²) >= 11 is 0. The first-order valence-electron chi connectivity index (χ1n) is 5.81. The summed E-state index contributed by atoms with van der Waals surface area (Å²) in [5.41, 5.74) is 0. The predicted molar refractivity (Wildman–Crippen MR) is 64.0 cm³/mol. The van der Waals surface area contributed by atoms with Gasteiger partial charge in [-0.2, -0.15) is 0 Å². The molecule has 0 aliphatic heterocycles. The minimum Gasteiger partial charge on any atom is -0.462 e. The Morgan fingerprint density at radius 2 is 1.17 bits per heavy atom. The molecule has 18 heavy (non-hydrogen) atoms. The number of hydrogen-bond acceptors (Lipinski definition) is 6. The largest absolute Gasteiger partial charge is 0.462 e. The number of carbonyl (C=O) groups excluding carboxylic acids is 2. The third-order valence-electron chi connectivity index (χ3n) is 2.43. The molecule has 6 heteroatoms. The van der Waals surface area contributed by atoms with Crippen LogP contribution in [-0.4, -0.2) is 51.6 Å². The van der Waals surface area contributed by atoms with E-state index in [0.29, 0.717) is 0 Å². The summed E-state index contributed by atoms with van der Waals surface area (Å²) in [6.45, 7) is 5.19. The van der Waals surface area contributed by atoms with Crippen LogP contribution in [0.1, 0.15) is 20.8 Å². The molecule has 0 radical (unpaired) electrons. The van der Waals surface area contributed by atoms with Gasteiger partial charge in [0, 0.05) is 14.2 Å². The van der Waals surface area contributed by atoms with Crippen molar-refractivity contribution in [1.29, 1.82) is 0 Å². The fourth-order valence-electron chi connectivity index (χ4n) is 0.881. The highest BCUT2D eigenvalue weighted by Crippen LogP contribution is 2.04. The lowest BCUT2D eigenvalue weighted by molar-refractivity contribution is -0.164. The molecule has 0 aromatic heterocycles. The monoisotopic (exact) mass is 262 g/mol. The first-order chi connectivity index (χ1) is 8.42. The van der Waals surface area contributed by atoms with Gasteiger partial charge in [-0.05, 0) is 20.8 Å². The highest BCUT2D eigenvalue weighted by Gasteiger charge is 2.25. The molecular formula is C12H22O6. The Morgan fingerprint density at radius 1 is 0.833 bits per heavy atom. The number of rotatable bonds is 8. The van der Waals surface area contributed by atoms with Gasteiger partial charge in [0.25, 0.3) is 0 Å². The molecule has 2 atom stereocenters. The zero-order chi connectivity index (χ0) is 14.1. The van der Waals surface area contributed by atoms with Crippen molar-refractivity contribution in [3.05, 3.63) is 0 Å². The van der Waals surface area contributed by atoms with Crippen molar-refractivity contribution in [3.8, 4) is 0 Å². The van der Waals surface area contributed by atoms with Crippen molar-refractivity contribution in [2.45, 2.75) is 33.0 Å². The molecule has 0 amide bonds. The Morgan fingerprint density at radius 3 is 1.44 bits per heavy atom. The van der Waals surface area contributed by atoms with Gasteiger partial charge < -0.3 is 18.9 Å². The first-order valence-corrected chi connectivity index (χ1v) is 5.81. The summed E-state index contributed by atoms with van der Waals surface area (Å²) < 4.78 is 19.7. The average Bonchev–Trinajstić information content (AvgIpc) is 2.39. The minimum atomic E-state index is -0.946. The van der Waals surface area contributed by atoms with E-state index >= 15 is 0 Å². The number of ether oxygens (including phenoxy) is 4. The second kappa shape index (κ2) is 8.88. The average molecular weight is 262 g/mol. The number of hydrogen-bond donors (Lipinski definition) is 0. The SMILES string of the molecule is COC(C)COC(=O)C(C)C(=O)OCC(C)OC. The van der Waals surface area contributed by atoms with E-state index in [-0.39, 0.29) is 25.4 Å². The van der Waals surface area contributed by atoms with E-state index < -0.39 is 17.9 Å². The Labute approximate surface area is 108 Å². The van der Waals surface area contributed by atoms with Crippen LogP contribution in [0.2, 0.25) is 0 Å². The highest BCUT2D eigenvalue weighted by molar-refractivity contribution is 5.94. The van der Waals surface area contributed by atoms with Gasteiger partial charge in [0.05, 0.1) is 12.2 Å². The Kier molecular flexibility index (Phi) is 8.32. The molecule has 0 saturated carbocycles. The van der Waals surface area contributed by atoms with Gasteiger partial charge in [0.1, 0.15) is 13.2 Å². The van der Waals surface area contributed by atoms with Crippen molar-refractivity contribution in [2.75, 3.05) is 27.4 Å².